The first-order chi connectivity index (χ1) is 9.69. The summed E-state index contributed by atoms with van der Waals surface area (Å²) in [4.78, 5) is 0. The summed E-state index contributed by atoms with van der Waals surface area (Å²) in [5, 5.41) is 19.6. The van der Waals surface area contributed by atoms with Crippen molar-refractivity contribution in [3.05, 3.63) is 46.8 Å². The summed E-state index contributed by atoms with van der Waals surface area (Å²) in [6, 6.07) is 8.20. The highest BCUT2D eigenvalue weighted by molar-refractivity contribution is 5.96. The van der Waals surface area contributed by atoms with E-state index in [9.17, 15) is 0 Å². The van der Waals surface area contributed by atoms with Crippen molar-refractivity contribution in [2.24, 2.45) is 10.9 Å². The third-order valence-corrected chi connectivity index (χ3v) is 3.40. The van der Waals surface area contributed by atoms with Gasteiger partial charge in [-0.05, 0) is 12.5 Å². The molecule has 1 aromatic carbocycles. The predicted octanol–water partition coefficient (Wildman–Crippen LogP) is 0.953. The Hall–Kier alpha value is -2.41. The summed E-state index contributed by atoms with van der Waals surface area (Å²) in [6.45, 7) is 2.94. The maximum atomic E-state index is 8.71. The van der Waals surface area contributed by atoms with Crippen molar-refractivity contribution in [1.82, 2.24) is 15.0 Å². The van der Waals surface area contributed by atoms with Gasteiger partial charge in [-0.2, -0.15) is 0 Å². The van der Waals surface area contributed by atoms with Crippen molar-refractivity contribution in [2.75, 3.05) is 0 Å². The van der Waals surface area contributed by atoms with Crippen LogP contribution in [-0.4, -0.2) is 26.0 Å². The van der Waals surface area contributed by atoms with E-state index in [4.69, 9.17) is 15.7 Å². The molecule has 1 aliphatic rings. The van der Waals surface area contributed by atoms with Crippen LogP contribution in [0.4, 0.5) is 0 Å². The third kappa shape index (κ3) is 2.12. The number of hydrogen-bond donors (Lipinski definition) is 2. The van der Waals surface area contributed by atoms with Gasteiger partial charge in [0, 0.05) is 0 Å². The molecule has 0 aliphatic carbocycles. The fourth-order valence-corrected chi connectivity index (χ4v) is 2.24. The van der Waals surface area contributed by atoms with Gasteiger partial charge in [0.05, 0.1) is 18.8 Å². The Kier molecular flexibility index (Phi) is 3.11. The molecule has 0 saturated heterocycles. The second kappa shape index (κ2) is 4.93. The van der Waals surface area contributed by atoms with E-state index in [1.54, 1.807) is 4.68 Å². The maximum absolute atomic E-state index is 8.71. The lowest BCUT2D eigenvalue weighted by molar-refractivity contribution is -0.00147. The van der Waals surface area contributed by atoms with Crippen LogP contribution in [0.15, 0.2) is 29.4 Å². The van der Waals surface area contributed by atoms with Gasteiger partial charge in [0.2, 0.25) is 0 Å². The monoisotopic (exact) mass is 273 g/mol. The molecule has 7 nitrogen and oxygen atoms in total. The van der Waals surface area contributed by atoms with Crippen molar-refractivity contribution in [3.63, 3.8) is 0 Å². The van der Waals surface area contributed by atoms with Crippen LogP contribution < -0.4 is 5.73 Å². The molecule has 0 fully saturated rings. The molecule has 104 valence electrons. The minimum atomic E-state index is -0.0649. The van der Waals surface area contributed by atoms with Gasteiger partial charge in [-0.25, -0.2) is 4.68 Å². The van der Waals surface area contributed by atoms with E-state index in [0.717, 1.165) is 11.3 Å². The Labute approximate surface area is 115 Å². The minimum Gasteiger partial charge on any atom is -0.409 e. The molecule has 2 heterocycles. The molecule has 0 spiro atoms. The van der Waals surface area contributed by atoms with Crippen molar-refractivity contribution >= 4 is 5.84 Å². The molecule has 0 radical (unpaired) electrons. The Balaban J connectivity index is 1.86. The standard InChI is InChI=1S/C13H15N5O2/c1-8-2-4-9(5-3-8)11-6-18-10(7-20-11)12(15-17-18)13(14)16-19/h2-5,11,19H,6-7H2,1H3,(H2,14,16)/t11-/m0/s1. The number of nitrogens with zero attached hydrogens (tertiary/aromatic N) is 4. The van der Waals surface area contributed by atoms with Gasteiger partial charge in [0.1, 0.15) is 6.10 Å². The topological polar surface area (TPSA) is 98.6 Å². The quantitative estimate of drug-likeness (QED) is 0.367. The fourth-order valence-electron chi connectivity index (χ4n) is 2.24. The van der Waals surface area contributed by atoms with Gasteiger partial charge in [-0.15, -0.1) is 5.10 Å². The number of hydrogen-bond acceptors (Lipinski definition) is 5. The van der Waals surface area contributed by atoms with Crippen molar-refractivity contribution in [1.29, 1.82) is 0 Å². The van der Waals surface area contributed by atoms with E-state index in [0.29, 0.717) is 18.8 Å². The molecular formula is C13H15N5O2. The van der Waals surface area contributed by atoms with Crippen LogP contribution in [0.1, 0.15) is 28.6 Å². The molecule has 0 bridgehead atoms. The van der Waals surface area contributed by atoms with E-state index in [2.05, 4.69) is 27.6 Å². The highest BCUT2D eigenvalue weighted by Crippen LogP contribution is 2.26. The van der Waals surface area contributed by atoms with Gasteiger partial charge < -0.3 is 15.7 Å². The summed E-state index contributed by atoms with van der Waals surface area (Å²) in [5.74, 6) is -0.0522. The predicted molar refractivity (Wildman–Crippen MR) is 71.2 cm³/mol. The van der Waals surface area contributed by atoms with Crippen molar-refractivity contribution in [2.45, 2.75) is 26.2 Å². The van der Waals surface area contributed by atoms with Gasteiger partial charge >= 0.3 is 0 Å². The normalized spacial score (nSPS) is 18.9. The zero-order chi connectivity index (χ0) is 14.1. The molecular weight excluding hydrogens is 258 g/mol. The zero-order valence-corrected chi connectivity index (χ0v) is 11.0. The molecule has 1 aliphatic heterocycles. The lowest BCUT2D eigenvalue weighted by atomic mass is 10.1. The molecule has 7 heteroatoms. The lowest BCUT2D eigenvalue weighted by Crippen LogP contribution is -2.24. The zero-order valence-electron chi connectivity index (χ0n) is 11.0. The van der Waals surface area contributed by atoms with Crippen LogP contribution >= 0.6 is 0 Å². The summed E-state index contributed by atoms with van der Waals surface area (Å²) >= 11 is 0. The van der Waals surface area contributed by atoms with E-state index in [-0.39, 0.29) is 11.9 Å². The van der Waals surface area contributed by atoms with Gasteiger partial charge in [0.25, 0.3) is 0 Å². The van der Waals surface area contributed by atoms with Gasteiger partial charge in [0.15, 0.2) is 11.5 Å². The van der Waals surface area contributed by atoms with Gasteiger partial charge in [-0.3, -0.25) is 0 Å². The van der Waals surface area contributed by atoms with Crippen LogP contribution in [0.2, 0.25) is 0 Å². The molecule has 2 aromatic rings. The maximum Gasteiger partial charge on any atom is 0.192 e. The first-order valence-electron chi connectivity index (χ1n) is 6.27. The number of rotatable bonds is 2. The number of amidine groups is 1. The van der Waals surface area contributed by atoms with Crippen LogP contribution in [0.25, 0.3) is 0 Å². The average Bonchev–Trinajstić information content (AvgIpc) is 2.90. The molecule has 3 N–H and O–H groups in total. The van der Waals surface area contributed by atoms with E-state index in [1.807, 2.05) is 19.1 Å². The summed E-state index contributed by atoms with van der Waals surface area (Å²) in [6.07, 6.45) is -0.0649. The SMILES string of the molecule is Cc1ccc([C@@H]2Cn3nnc(/C(N)=N\O)c3CO2)cc1. The number of nitrogens with two attached hydrogens (primary N) is 1. The molecule has 1 atom stereocenters. The average molecular weight is 273 g/mol. The Morgan fingerprint density at radius 3 is 2.90 bits per heavy atom. The molecule has 1 aromatic heterocycles. The van der Waals surface area contributed by atoms with Crippen LogP contribution in [0.5, 0.6) is 0 Å². The first kappa shape index (κ1) is 12.6. The van der Waals surface area contributed by atoms with Gasteiger partial charge in [-0.1, -0.05) is 40.2 Å². The van der Waals surface area contributed by atoms with E-state index < -0.39 is 0 Å². The number of ether oxygens (including phenoxy) is 1. The molecule has 3 rings (SSSR count). The number of aryl methyl sites for hydroxylation is 1. The van der Waals surface area contributed by atoms with Crippen molar-refractivity contribution < 1.29 is 9.94 Å². The minimum absolute atomic E-state index is 0.0522. The molecule has 0 amide bonds. The number of aromatic nitrogens is 3. The Morgan fingerprint density at radius 1 is 1.45 bits per heavy atom. The number of fused-ring (bicyclic) bond motifs is 1. The van der Waals surface area contributed by atoms with Crippen molar-refractivity contribution in [3.8, 4) is 0 Å². The largest absolute Gasteiger partial charge is 0.409 e. The lowest BCUT2D eigenvalue weighted by Gasteiger charge is -2.24. The fraction of sp³-hybridized carbons (Fsp3) is 0.308. The summed E-state index contributed by atoms with van der Waals surface area (Å²) in [7, 11) is 0. The second-order valence-corrected chi connectivity index (χ2v) is 4.76. The smallest absolute Gasteiger partial charge is 0.192 e. The highest BCUT2D eigenvalue weighted by Gasteiger charge is 2.26. The van der Waals surface area contributed by atoms with Crippen LogP contribution in [-0.2, 0) is 17.9 Å². The second-order valence-electron chi connectivity index (χ2n) is 4.76. The van der Waals surface area contributed by atoms with E-state index >= 15 is 0 Å². The molecule has 0 unspecified atom stereocenters. The Morgan fingerprint density at radius 2 is 2.20 bits per heavy atom. The third-order valence-electron chi connectivity index (χ3n) is 3.40. The molecule has 0 saturated carbocycles. The number of benzene rings is 1. The Bertz CT molecular complexity index is 647. The highest BCUT2D eigenvalue weighted by atomic mass is 16.5. The van der Waals surface area contributed by atoms with Crippen LogP contribution in [0, 0.1) is 6.92 Å². The summed E-state index contributed by atoms with van der Waals surface area (Å²) < 4.78 is 7.57. The first-order valence-corrected chi connectivity index (χ1v) is 6.27. The summed E-state index contributed by atoms with van der Waals surface area (Å²) in [5.41, 5.74) is 8.96. The van der Waals surface area contributed by atoms with E-state index in [1.165, 1.54) is 5.56 Å². The van der Waals surface area contributed by atoms with Crippen LogP contribution in [0.3, 0.4) is 0 Å². The molecule has 20 heavy (non-hydrogen) atoms. The number of oxime groups is 1.